The van der Waals surface area contributed by atoms with Crippen LogP contribution in [0.1, 0.15) is 5.89 Å². The summed E-state index contributed by atoms with van der Waals surface area (Å²) in [4.78, 5) is 5.02. The first-order valence-corrected chi connectivity index (χ1v) is 7.79. The highest BCUT2D eigenvalue weighted by Crippen LogP contribution is 2.27. The monoisotopic (exact) mass is 338 g/mol. The number of para-hydroxylation sites is 2. The molecule has 0 fully saturated rings. The van der Waals surface area contributed by atoms with Gasteiger partial charge in [0.25, 0.3) is 4.84 Å². The minimum absolute atomic E-state index is 0.264. The van der Waals surface area contributed by atoms with Crippen LogP contribution in [0.2, 0.25) is 0 Å². The molecule has 1 N–H and O–H groups in total. The van der Waals surface area contributed by atoms with Gasteiger partial charge in [-0.25, -0.2) is 10.1 Å². The molecule has 0 saturated carbocycles. The van der Waals surface area contributed by atoms with Crippen LogP contribution in [-0.4, -0.2) is 26.9 Å². The lowest BCUT2D eigenvalue weighted by atomic mass is 10.2. The highest BCUT2D eigenvalue weighted by Gasteiger charge is 2.14. The first-order chi connectivity index (χ1) is 11.7. The van der Waals surface area contributed by atoms with Gasteiger partial charge in [0.05, 0.1) is 18.1 Å². The number of ether oxygens (including phenoxy) is 1. The van der Waals surface area contributed by atoms with E-state index in [1.54, 1.807) is 7.11 Å². The van der Waals surface area contributed by atoms with Crippen LogP contribution in [-0.2, 0) is 6.54 Å². The minimum Gasteiger partial charge on any atom is -0.497 e. The van der Waals surface area contributed by atoms with Crippen LogP contribution in [0.3, 0.4) is 0 Å². The number of imidazole rings is 1. The Labute approximate surface area is 142 Å². The first kappa shape index (κ1) is 14.6. The average molecular weight is 338 g/mol. The van der Waals surface area contributed by atoms with Crippen LogP contribution in [0.4, 0.5) is 0 Å². The summed E-state index contributed by atoms with van der Waals surface area (Å²) in [6.07, 6.45) is 0. The Bertz CT molecular complexity index is 1050. The summed E-state index contributed by atoms with van der Waals surface area (Å²) in [7, 11) is 1.65. The van der Waals surface area contributed by atoms with Gasteiger partial charge in [-0.2, -0.15) is 0 Å². The van der Waals surface area contributed by atoms with Crippen molar-refractivity contribution in [1.29, 1.82) is 0 Å². The molecule has 0 aliphatic carbocycles. The Morgan fingerprint density at radius 2 is 1.96 bits per heavy atom. The van der Waals surface area contributed by atoms with Crippen LogP contribution >= 0.6 is 12.2 Å². The minimum atomic E-state index is 0.264. The van der Waals surface area contributed by atoms with Crippen molar-refractivity contribution in [2.45, 2.75) is 6.54 Å². The number of benzene rings is 2. The maximum Gasteiger partial charge on any atom is 0.284 e. The second-order valence-electron chi connectivity index (χ2n) is 5.25. The Morgan fingerprint density at radius 1 is 1.17 bits per heavy atom. The summed E-state index contributed by atoms with van der Waals surface area (Å²) < 4.78 is 12.7. The molecule has 0 bridgehead atoms. The quantitative estimate of drug-likeness (QED) is 0.573. The van der Waals surface area contributed by atoms with Crippen molar-refractivity contribution >= 4 is 23.3 Å². The highest BCUT2D eigenvalue weighted by molar-refractivity contribution is 7.71. The van der Waals surface area contributed by atoms with Gasteiger partial charge in [-0.1, -0.05) is 12.1 Å². The number of hydrogen-bond donors (Lipinski definition) is 1. The zero-order valence-corrected chi connectivity index (χ0v) is 13.7. The zero-order chi connectivity index (χ0) is 16.5. The van der Waals surface area contributed by atoms with E-state index in [9.17, 15) is 0 Å². The molecule has 0 aliphatic rings. The zero-order valence-electron chi connectivity index (χ0n) is 12.9. The molecule has 0 radical (unpaired) electrons. The van der Waals surface area contributed by atoms with Crippen molar-refractivity contribution in [3.8, 4) is 17.1 Å². The molecule has 120 valence electrons. The number of hydrogen-bond acceptors (Lipinski definition) is 5. The van der Waals surface area contributed by atoms with Crippen LogP contribution in [0.5, 0.6) is 5.75 Å². The van der Waals surface area contributed by atoms with E-state index in [1.165, 1.54) is 0 Å². The normalized spacial score (nSPS) is 11.0. The lowest BCUT2D eigenvalue weighted by Crippen LogP contribution is -2.02. The summed E-state index contributed by atoms with van der Waals surface area (Å²) in [5, 5.41) is 6.75. The molecule has 24 heavy (non-hydrogen) atoms. The molecule has 6 nitrogen and oxygen atoms in total. The van der Waals surface area contributed by atoms with E-state index in [2.05, 4.69) is 14.8 Å². The standard InChI is InChI=1S/C17H14N4O2S/c1-22-12-8-6-11(7-9-12)16-18-13-4-2-3-5-14(13)21(16)10-15-19-20-17(24)23-15/h2-9H,10H2,1H3,(H,20,24). The predicted octanol–water partition coefficient (Wildman–Crippen LogP) is 3.81. The van der Waals surface area contributed by atoms with Crippen molar-refractivity contribution in [3.63, 3.8) is 0 Å². The van der Waals surface area contributed by atoms with Gasteiger partial charge in [0.2, 0.25) is 5.89 Å². The van der Waals surface area contributed by atoms with E-state index in [-0.39, 0.29) is 4.84 Å². The molecule has 0 spiro atoms. The molecule has 0 amide bonds. The van der Waals surface area contributed by atoms with Crippen molar-refractivity contribution in [2.24, 2.45) is 0 Å². The van der Waals surface area contributed by atoms with Gasteiger partial charge in [-0.3, -0.25) is 0 Å². The van der Waals surface area contributed by atoms with Gasteiger partial charge < -0.3 is 13.7 Å². The molecule has 2 aromatic heterocycles. The number of H-pyrrole nitrogens is 1. The third-order valence-corrected chi connectivity index (χ3v) is 3.95. The number of methoxy groups -OCH3 is 1. The smallest absolute Gasteiger partial charge is 0.284 e. The molecule has 7 heteroatoms. The fraction of sp³-hybridized carbons (Fsp3) is 0.118. The van der Waals surface area contributed by atoms with Crippen LogP contribution in [0.25, 0.3) is 22.4 Å². The second kappa shape index (κ2) is 5.93. The topological polar surface area (TPSA) is 68.9 Å². The average Bonchev–Trinajstić information content (AvgIpc) is 3.19. The molecular formula is C17H14N4O2S. The molecule has 2 aromatic carbocycles. The Balaban J connectivity index is 1.86. The number of aromatic nitrogens is 4. The van der Waals surface area contributed by atoms with E-state index in [0.29, 0.717) is 12.4 Å². The number of rotatable bonds is 4. The number of fused-ring (bicyclic) bond motifs is 1. The van der Waals surface area contributed by atoms with E-state index in [0.717, 1.165) is 28.2 Å². The van der Waals surface area contributed by atoms with E-state index < -0.39 is 0 Å². The Morgan fingerprint density at radius 3 is 2.67 bits per heavy atom. The van der Waals surface area contributed by atoms with Crippen molar-refractivity contribution < 1.29 is 9.15 Å². The lowest BCUT2D eigenvalue weighted by molar-refractivity contribution is 0.415. The van der Waals surface area contributed by atoms with E-state index in [4.69, 9.17) is 26.4 Å². The van der Waals surface area contributed by atoms with Crippen LogP contribution < -0.4 is 4.74 Å². The molecule has 4 rings (SSSR count). The summed E-state index contributed by atoms with van der Waals surface area (Å²) in [5.41, 5.74) is 2.91. The fourth-order valence-corrected chi connectivity index (χ4v) is 2.80. The van der Waals surface area contributed by atoms with E-state index in [1.807, 2.05) is 48.5 Å². The fourth-order valence-electron chi connectivity index (χ4n) is 2.66. The summed E-state index contributed by atoms with van der Waals surface area (Å²) in [6.45, 7) is 0.439. The van der Waals surface area contributed by atoms with Crippen molar-refractivity contribution in [3.05, 3.63) is 59.3 Å². The molecular weight excluding hydrogens is 324 g/mol. The molecule has 0 saturated heterocycles. The lowest BCUT2D eigenvalue weighted by Gasteiger charge is -2.07. The molecule has 0 aliphatic heterocycles. The third kappa shape index (κ3) is 2.59. The first-order valence-electron chi connectivity index (χ1n) is 7.38. The third-order valence-electron chi connectivity index (χ3n) is 3.78. The summed E-state index contributed by atoms with van der Waals surface area (Å²) in [6, 6.07) is 15.8. The van der Waals surface area contributed by atoms with Crippen LogP contribution in [0, 0.1) is 4.84 Å². The van der Waals surface area contributed by atoms with Crippen LogP contribution in [0.15, 0.2) is 52.9 Å². The van der Waals surface area contributed by atoms with Crippen molar-refractivity contribution in [2.75, 3.05) is 7.11 Å². The number of aromatic amines is 1. The van der Waals surface area contributed by atoms with Gasteiger partial charge in [0.1, 0.15) is 18.1 Å². The molecule has 0 atom stereocenters. The van der Waals surface area contributed by atoms with E-state index >= 15 is 0 Å². The largest absolute Gasteiger partial charge is 0.497 e. The van der Waals surface area contributed by atoms with Gasteiger partial charge in [0.15, 0.2) is 0 Å². The van der Waals surface area contributed by atoms with Gasteiger partial charge in [0, 0.05) is 5.56 Å². The molecule has 0 unspecified atom stereocenters. The van der Waals surface area contributed by atoms with Gasteiger partial charge >= 0.3 is 0 Å². The van der Waals surface area contributed by atoms with Gasteiger partial charge in [-0.15, -0.1) is 5.10 Å². The van der Waals surface area contributed by atoms with Crippen molar-refractivity contribution in [1.82, 2.24) is 19.7 Å². The SMILES string of the molecule is COc1ccc(-c2nc3ccccc3n2Cc2n[nH]c(=S)o2)cc1. The Kier molecular flexibility index (Phi) is 3.62. The maximum atomic E-state index is 5.41. The predicted molar refractivity (Wildman–Crippen MR) is 92.5 cm³/mol. The maximum absolute atomic E-state index is 5.41. The Hall–Kier alpha value is -2.93. The number of nitrogens with zero attached hydrogens (tertiary/aromatic N) is 3. The second-order valence-corrected chi connectivity index (χ2v) is 5.62. The summed E-state index contributed by atoms with van der Waals surface area (Å²) in [5.74, 6) is 2.15. The van der Waals surface area contributed by atoms with Gasteiger partial charge in [-0.05, 0) is 48.6 Å². The highest BCUT2D eigenvalue weighted by atomic mass is 32.1. The molecule has 2 heterocycles. The molecule has 4 aromatic rings. The number of nitrogens with one attached hydrogen (secondary N) is 1. The summed E-state index contributed by atoms with van der Waals surface area (Å²) >= 11 is 4.95.